The number of carboxylic acid groups (broad SMARTS) is 1. The summed E-state index contributed by atoms with van der Waals surface area (Å²) >= 11 is 2.91. The van der Waals surface area contributed by atoms with Gasteiger partial charge < -0.3 is 15.3 Å². The number of carboxylic acids is 1. The largest absolute Gasteiger partial charge is 0.504 e. The topological polar surface area (TPSA) is 77.8 Å². The number of benzene rings is 1. The maximum atomic E-state index is 13.7. The van der Waals surface area contributed by atoms with Crippen LogP contribution in [0.2, 0.25) is 0 Å². The van der Waals surface area contributed by atoms with Gasteiger partial charge in [0.05, 0.1) is 0 Å². The number of hydrogen-bond donors (Lipinski definition) is 3. The SMILES string of the molecule is CC(F)(C(=O)O)c1cc(O)c(O)cc1Br. The first-order valence-corrected chi connectivity index (χ1v) is 4.70. The van der Waals surface area contributed by atoms with Crippen LogP contribution < -0.4 is 0 Å². The number of phenolic OH excluding ortho intramolecular Hbond substituents is 2. The number of halogens is 2. The van der Waals surface area contributed by atoms with Crippen molar-refractivity contribution in [2.75, 3.05) is 0 Å². The van der Waals surface area contributed by atoms with E-state index in [-0.39, 0.29) is 10.0 Å². The molecule has 0 saturated heterocycles. The number of hydrogen-bond acceptors (Lipinski definition) is 3. The minimum absolute atomic E-state index is 0.0743. The molecule has 0 aliphatic rings. The van der Waals surface area contributed by atoms with Crippen molar-refractivity contribution in [1.82, 2.24) is 0 Å². The highest BCUT2D eigenvalue weighted by atomic mass is 79.9. The number of alkyl halides is 1. The molecule has 0 fully saturated rings. The Bertz CT molecular complexity index is 417. The summed E-state index contributed by atoms with van der Waals surface area (Å²) in [6.07, 6.45) is 0. The summed E-state index contributed by atoms with van der Waals surface area (Å²) in [5.41, 5.74) is -2.89. The molecule has 1 rings (SSSR count). The fourth-order valence-electron chi connectivity index (χ4n) is 1.03. The van der Waals surface area contributed by atoms with Crippen molar-refractivity contribution in [3.8, 4) is 11.5 Å². The molecule has 0 spiro atoms. The van der Waals surface area contributed by atoms with E-state index >= 15 is 0 Å². The molecule has 0 heterocycles. The van der Waals surface area contributed by atoms with Gasteiger partial charge in [-0.1, -0.05) is 15.9 Å². The predicted octanol–water partition coefficient (Wildman–Crippen LogP) is 2.13. The van der Waals surface area contributed by atoms with E-state index in [4.69, 9.17) is 15.3 Å². The number of phenols is 2. The Labute approximate surface area is 93.1 Å². The monoisotopic (exact) mass is 278 g/mol. The van der Waals surface area contributed by atoms with E-state index < -0.39 is 23.1 Å². The molecule has 4 nitrogen and oxygen atoms in total. The lowest BCUT2D eigenvalue weighted by Gasteiger charge is -2.17. The quantitative estimate of drug-likeness (QED) is 0.725. The van der Waals surface area contributed by atoms with Gasteiger partial charge in [-0.3, -0.25) is 0 Å². The van der Waals surface area contributed by atoms with Gasteiger partial charge in [0.1, 0.15) is 0 Å². The summed E-state index contributed by atoms with van der Waals surface area (Å²) in [4.78, 5) is 10.6. The van der Waals surface area contributed by atoms with Crippen LogP contribution in [0.3, 0.4) is 0 Å². The molecule has 0 amide bonds. The highest BCUT2D eigenvalue weighted by molar-refractivity contribution is 9.10. The standard InChI is InChI=1S/C9H8BrFO4/c1-9(11,8(14)15)4-2-6(12)7(13)3-5(4)10/h2-3,12-13H,1H3,(H,14,15). The first-order valence-electron chi connectivity index (χ1n) is 3.91. The van der Waals surface area contributed by atoms with Crippen LogP contribution in [0.25, 0.3) is 0 Å². The van der Waals surface area contributed by atoms with Crippen LogP contribution in [0.15, 0.2) is 16.6 Å². The molecule has 0 saturated carbocycles. The Hall–Kier alpha value is -1.30. The van der Waals surface area contributed by atoms with Gasteiger partial charge in [0, 0.05) is 10.0 Å². The van der Waals surface area contributed by atoms with Crippen molar-refractivity contribution in [2.24, 2.45) is 0 Å². The number of rotatable bonds is 2. The van der Waals surface area contributed by atoms with E-state index in [1.54, 1.807) is 0 Å². The van der Waals surface area contributed by atoms with E-state index in [1.165, 1.54) is 0 Å². The first-order chi connectivity index (χ1) is 6.76. The van der Waals surface area contributed by atoms with Crippen LogP contribution in [0.1, 0.15) is 12.5 Å². The molecule has 0 aliphatic carbocycles. The van der Waals surface area contributed by atoms with Crippen LogP contribution in [0.5, 0.6) is 11.5 Å². The zero-order chi connectivity index (χ0) is 11.8. The van der Waals surface area contributed by atoms with Crippen molar-refractivity contribution in [2.45, 2.75) is 12.6 Å². The van der Waals surface area contributed by atoms with E-state index in [0.29, 0.717) is 0 Å². The second-order valence-electron chi connectivity index (χ2n) is 3.13. The highest BCUT2D eigenvalue weighted by Crippen LogP contribution is 2.38. The van der Waals surface area contributed by atoms with Crippen LogP contribution >= 0.6 is 15.9 Å². The molecular weight excluding hydrogens is 271 g/mol. The molecule has 0 radical (unpaired) electrons. The van der Waals surface area contributed by atoms with Crippen LogP contribution in [0.4, 0.5) is 4.39 Å². The highest BCUT2D eigenvalue weighted by Gasteiger charge is 2.37. The predicted molar refractivity (Wildman–Crippen MR) is 53.6 cm³/mol. The second-order valence-corrected chi connectivity index (χ2v) is 3.98. The summed E-state index contributed by atoms with van der Waals surface area (Å²) in [6, 6.07) is 1.90. The molecule has 6 heteroatoms. The maximum absolute atomic E-state index is 13.7. The molecule has 1 aromatic rings. The summed E-state index contributed by atoms with van der Waals surface area (Å²) in [5, 5.41) is 26.9. The lowest BCUT2D eigenvalue weighted by molar-refractivity contribution is -0.150. The zero-order valence-corrected chi connectivity index (χ0v) is 9.25. The summed E-state index contributed by atoms with van der Waals surface area (Å²) in [6.45, 7) is 0.853. The molecule has 82 valence electrons. The Balaban J connectivity index is 3.38. The lowest BCUT2D eigenvalue weighted by atomic mass is 9.98. The van der Waals surface area contributed by atoms with Gasteiger partial charge in [-0.2, -0.15) is 0 Å². The number of aliphatic carboxylic acids is 1. The van der Waals surface area contributed by atoms with Gasteiger partial charge >= 0.3 is 5.97 Å². The minimum atomic E-state index is -2.63. The van der Waals surface area contributed by atoms with Crippen LogP contribution in [-0.4, -0.2) is 21.3 Å². The van der Waals surface area contributed by atoms with Gasteiger partial charge in [-0.05, 0) is 19.1 Å². The van der Waals surface area contributed by atoms with Crippen molar-refractivity contribution < 1.29 is 24.5 Å². The Morgan fingerprint density at radius 2 is 1.87 bits per heavy atom. The second kappa shape index (κ2) is 3.69. The van der Waals surface area contributed by atoms with Gasteiger partial charge in [-0.25, -0.2) is 9.18 Å². The third-order valence-electron chi connectivity index (χ3n) is 1.97. The summed E-state index contributed by atoms with van der Waals surface area (Å²) in [7, 11) is 0. The number of aromatic hydroxyl groups is 2. The average Bonchev–Trinajstić information content (AvgIpc) is 2.10. The molecule has 0 bridgehead atoms. The van der Waals surface area contributed by atoms with Crippen molar-refractivity contribution in [3.63, 3.8) is 0 Å². The third kappa shape index (κ3) is 2.04. The first kappa shape index (κ1) is 11.8. The van der Waals surface area contributed by atoms with Gasteiger partial charge in [0.25, 0.3) is 0 Å². The third-order valence-corrected chi connectivity index (χ3v) is 2.63. The Morgan fingerprint density at radius 1 is 1.40 bits per heavy atom. The van der Waals surface area contributed by atoms with Gasteiger partial charge in [0.2, 0.25) is 5.67 Å². The van der Waals surface area contributed by atoms with Crippen molar-refractivity contribution in [3.05, 3.63) is 22.2 Å². The molecule has 1 unspecified atom stereocenters. The Morgan fingerprint density at radius 3 is 2.33 bits per heavy atom. The van der Waals surface area contributed by atoms with E-state index in [1.807, 2.05) is 0 Å². The zero-order valence-electron chi connectivity index (χ0n) is 7.66. The van der Waals surface area contributed by atoms with Crippen molar-refractivity contribution in [1.29, 1.82) is 0 Å². The van der Waals surface area contributed by atoms with E-state index in [9.17, 15) is 9.18 Å². The fraction of sp³-hybridized carbons (Fsp3) is 0.222. The summed E-state index contributed by atoms with van der Waals surface area (Å²) < 4.78 is 13.8. The normalized spacial score (nSPS) is 14.6. The minimum Gasteiger partial charge on any atom is -0.504 e. The van der Waals surface area contributed by atoms with Crippen LogP contribution in [-0.2, 0) is 10.5 Å². The lowest BCUT2D eigenvalue weighted by Crippen LogP contribution is -2.27. The number of carbonyl (C=O) groups is 1. The van der Waals surface area contributed by atoms with Crippen molar-refractivity contribution >= 4 is 21.9 Å². The molecule has 1 aromatic carbocycles. The molecule has 1 atom stereocenters. The van der Waals surface area contributed by atoms with Gasteiger partial charge in [0.15, 0.2) is 11.5 Å². The molecule has 3 N–H and O–H groups in total. The smallest absolute Gasteiger partial charge is 0.345 e. The Kier molecular flexibility index (Phi) is 2.90. The van der Waals surface area contributed by atoms with E-state index in [2.05, 4.69) is 15.9 Å². The van der Waals surface area contributed by atoms with Gasteiger partial charge in [-0.15, -0.1) is 0 Å². The molecular formula is C9H8BrFO4. The summed E-state index contributed by atoms with van der Waals surface area (Å²) in [5.74, 6) is -2.70. The molecule has 0 aliphatic heterocycles. The molecule has 0 aromatic heterocycles. The molecule has 15 heavy (non-hydrogen) atoms. The average molecular weight is 279 g/mol. The van der Waals surface area contributed by atoms with E-state index in [0.717, 1.165) is 19.1 Å². The van der Waals surface area contributed by atoms with Crippen LogP contribution in [0, 0.1) is 0 Å². The maximum Gasteiger partial charge on any atom is 0.345 e. The fourth-order valence-corrected chi connectivity index (χ4v) is 1.73.